The summed E-state index contributed by atoms with van der Waals surface area (Å²) in [6.07, 6.45) is 26.1. The van der Waals surface area contributed by atoms with Crippen LogP contribution in [0.4, 0.5) is 0 Å². The van der Waals surface area contributed by atoms with Crippen LogP contribution in [0.1, 0.15) is 185 Å². The van der Waals surface area contributed by atoms with Gasteiger partial charge in [-0.05, 0) is 145 Å². The number of benzene rings is 6. The Morgan fingerprint density at radius 1 is 0.333 bits per heavy atom. The van der Waals surface area contributed by atoms with E-state index < -0.39 is 11.9 Å². The average molecular weight is 963 g/mol. The molecule has 0 amide bonds. The number of hydrogen-bond donors (Lipinski definition) is 0. The largest absolute Gasteiger partial charge is 0.494 e. The second kappa shape index (κ2) is 32.1. The van der Waals surface area contributed by atoms with Crippen molar-refractivity contribution in [2.24, 2.45) is 0 Å². The van der Waals surface area contributed by atoms with Crippen molar-refractivity contribution in [1.29, 1.82) is 0 Å². The maximum atomic E-state index is 13.2. The van der Waals surface area contributed by atoms with Gasteiger partial charge in [0.1, 0.15) is 23.0 Å². The van der Waals surface area contributed by atoms with Gasteiger partial charge < -0.3 is 18.9 Å². The van der Waals surface area contributed by atoms with Crippen LogP contribution in [0.5, 0.6) is 23.0 Å². The van der Waals surface area contributed by atoms with Gasteiger partial charge in [-0.3, -0.25) is 0 Å². The minimum absolute atomic E-state index is 0.392. The van der Waals surface area contributed by atoms with Crippen LogP contribution in [0.2, 0.25) is 0 Å². The topological polar surface area (TPSA) is 71.1 Å². The summed E-state index contributed by atoms with van der Waals surface area (Å²) in [4.78, 5) is 26.3. The normalized spacial score (nSPS) is 10.6. The molecule has 374 valence electrons. The molecule has 0 aliphatic carbocycles. The Balaban J connectivity index is 0.899. The number of carbonyl (C=O) groups excluding carboxylic acids is 2. The lowest BCUT2D eigenvalue weighted by molar-refractivity contribution is 0.0725. The van der Waals surface area contributed by atoms with Crippen molar-refractivity contribution in [2.45, 2.75) is 142 Å². The van der Waals surface area contributed by atoms with Gasteiger partial charge in [0.2, 0.25) is 0 Å². The van der Waals surface area contributed by atoms with Crippen LogP contribution in [-0.2, 0) is 0 Å². The molecule has 6 aromatic rings. The van der Waals surface area contributed by atoms with Crippen molar-refractivity contribution in [2.75, 3.05) is 13.2 Å². The molecule has 0 aliphatic heterocycles. The number of esters is 2. The summed E-state index contributed by atoms with van der Waals surface area (Å²) < 4.78 is 23.5. The third-order valence-corrected chi connectivity index (χ3v) is 12.6. The fraction of sp³-hybridized carbons (Fsp3) is 0.364. The standard InChI is InChI=1S/C66H74O6/c1-3-5-7-9-11-13-15-17-19-21-49-69-61-45-37-55(38-46-61)31-29-53-33-41-57(42-34-53)65(67)71-63-27-23-25-59(51-63)60-26-24-28-64(52-60)72-66(68)58-43-35-54(36-44-58)30-32-56-39-47-62(48-40-56)70-50-22-20-18-16-14-12-10-8-6-4-2/h23-28,33-48,51-52H,3-22,49-50H2,1-2H3. The quantitative estimate of drug-likeness (QED) is 0.0202. The summed E-state index contributed by atoms with van der Waals surface area (Å²) in [7, 11) is 0. The van der Waals surface area contributed by atoms with Gasteiger partial charge >= 0.3 is 11.9 Å². The molecule has 0 spiro atoms. The van der Waals surface area contributed by atoms with E-state index in [0.717, 1.165) is 70.9 Å². The van der Waals surface area contributed by atoms with Crippen LogP contribution < -0.4 is 18.9 Å². The predicted molar refractivity (Wildman–Crippen MR) is 294 cm³/mol. The van der Waals surface area contributed by atoms with Crippen LogP contribution in [0.15, 0.2) is 146 Å². The first kappa shape index (κ1) is 54.3. The Hall–Kier alpha value is -7.02. The first-order valence-electron chi connectivity index (χ1n) is 26.8. The molecule has 6 aromatic carbocycles. The van der Waals surface area contributed by atoms with Gasteiger partial charge in [0.25, 0.3) is 0 Å². The van der Waals surface area contributed by atoms with E-state index in [1.807, 2.05) is 97.1 Å². The Morgan fingerprint density at radius 3 is 0.944 bits per heavy atom. The zero-order valence-corrected chi connectivity index (χ0v) is 42.9. The fourth-order valence-corrected chi connectivity index (χ4v) is 8.31. The number of rotatable bonds is 29. The number of hydrogen-bond acceptors (Lipinski definition) is 6. The molecular formula is C66H74O6. The summed E-state index contributed by atoms with van der Waals surface area (Å²) >= 11 is 0. The molecule has 0 radical (unpaired) electrons. The molecule has 0 atom stereocenters. The van der Waals surface area contributed by atoms with Crippen LogP contribution in [0.3, 0.4) is 0 Å². The molecule has 6 nitrogen and oxygen atoms in total. The lowest BCUT2D eigenvalue weighted by atomic mass is 10.1. The second-order valence-corrected chi connectivity index (χ2v) is 18.6. The van der Waals surface area contributed by atoms with Crippen LogP contribution in [0, 0.1) is 23.7 Å². The Morgan fingerprint density at radius 2 is 0.625 bits per heavy atom. The van der Waals surface area contributed by atoms with Gasteiger partial charge in [-0.2, -0.15) is 0 Å². The summed E-state index contributed by atoms with van der Waals surface area (Å²) in [6.45, 7) is 5.99. The molecule has 0 heterocycles. The van der Waals surface area contributed by atoms with E-state index in [9.17, 15) is 9.59 Å². The van der Waals surface area contributed by atoms with Crippen LogP contribution in [0.25, 0.3) is 11.1 Å². The highest BCUT2D eigenvalue weighted by Gasteiger charge is 2.12. The van der Waals surface area contributed by atoms with Gasteiger partial charge in [-0.25, -0.2) is 9.59 Å². The Labute approximate surface area is 430 Å². The zero-order valence-electron chi connectivity index (χ0n) is 42.9. The molecule has 0 unspecified atom stereocenters. The minimum Gasteiger partial charge on any atom is -0.494 e. The van der Waals surface area contributed by atoms with Crippen molar-refractivity contribution >= 4 is 11.9 Å². The van der Waals surface area contributed by atoms with Crippen molar-refractivity contribution < 1.29 is 28.5 Å². The van der Waals surface area contributed by atoms with E-state index in [-0.39, 0.29) is 0 Å². The van der Waals surface area contributed by atoms with Gasteiger partial charge in [0, 0.05) is 22.3 Å². The van der Waals surface area contributed by atoms with E-state index in [1.54, 1.807) is 48.5 Å². The fourth-order valence-electron chi connectivity index (χ4n) is 8.31. The number of unbranched alkanes of at least 4 members (excludes halogenated alkanes) is 18. The average Bonchev–Trinajstić information content (AvgIpc) is 3.41. The maximum absolute atomic E-state index is 13.2. The number of carbonyl (C=O) groups is 2. The first-order valence-corrected chi connectivity index (χ1v) is 26.8. The molecule has 0 bridgehead atoms. The number of ether oxygens (including phenoxy) is 4. The Kier molecular flexibility index (Phi) is 24.2. The van der Waals surface area contributed by atoms with Crippen LogP contribution in [-0.4, -0.2) is 25.2 Å². The molecule has 0 saturated heterocycles. The summed E-state index contributed by atoms with van der Waals surface area (Å²) in [6, 6.07) is 44.4. The van der Waals surface area contributed by atoms with Crippen LogP contribution >= 0.6 is 0 Å². The van der Waals surface area contributed by atoms with Crippen molar-refractivity contribution in [3.05, 3.63) is 179 Å². The highest BCUT2D eigenvalue weighted by atomic mass is 16.5. The lowest BCUT2D eigenvalue weighted by Crippen LogP contribution is -2.08. The van der Waals surface area contributed by atoms with E-state index in [4.69, 9.17) is 18.9 Å². The molecule has 0 fully saturated rings. The molecule has 0 N–H and O–H groups in total. The zero-order chi connectivity index (χ0) is 50.3. The first-order chi connectivity index (χ1) is 35.4. The van der Waals surface area contributed by atoms with E-state index >= 15 is 0 Å². The SMILES string of the molecule is CCCCCCCCCCCCOc1ccc(C#Cc2ccc(C(=O)Oc3cccc(-c4cccc(OC(=O)c5ccc(C#Cc6ccc(OCCCCCCCCCCCC)cc6)cc5)c4)c3)cc2)cc1. The summed E-state index contributed by atoms with van der Waals surface area (Å²) in [5.74, 6) is 14.3. The smallest absolute Gasteiger partial charge is 0.343 e. The van der Waals surface area contributed by atoms with Gasteiger partial charge in [0.05, 0.1) is 24.3 Å². The van der Waals surface area contributed by atoms with Gasteiger partial charge in [0.15, 0.2) is 0 Å². The second-order valence-electron chi connectivity index (χ2n) is 18.6. The predicted octanol–water partition coefficient (Wildman–Crippen LogP) is 17.2. The van der Waals surface area contributed by atoms with Crippen molar-refractivity contribution in [3.8, 4) is 57.8 Å². The lowest BCUT2D eigenvalue weighted by Gasteiger charge is -2.09. The Bertz CT molecular complexity index is 2450. The highest BCUT2D eigenvalue weighted by molar-refractivity contribution is 5.92. The van der Waals surface area contributed by atoms with Crippen molar-refractivity contribution in [1.82, 2.24) is 0 Å². The minimum atomic E-state index is -0.478. The molecular weight excluding hydrogens is 889 g/mol. The van der Waals surface area contributed by atoms with E-state index in [2.05, 4.69) is 37.5 Å². The third-order valence-electron chi connectivity index (χ3n) is 12.6. The molecule has 72 heavy (non-hydrogen) atoms. The van der Waals surface area contributed by atoms with Gasteiger partial charge in [-0.1, -0.05) is 177 Å². The highest BCUT2D eigenvalue weighted by Crippen LogP contribution is 2.28. The summed E-state index contributed by atoms with van der Waals surface area (Å²) in [5.41, 5.74) is 5.77. The molecule has 6 rings (SSSR count). The molecule has 0 aromatic heterocycles. The molecule has 0 aliphatic rings. The monoisotopic (exact) mass is 963 g/mol. The van der Waals surface area contributed by atoms with Crippen molar-refractivity contribution in [3.63, 3.8) is 0 Å². The van der Waals surface area contributed by atoms with E-state index in [1.165, 1.54) is 116 Å². The van der Waals surface area contributed by atoms with E-state index in [0.29, 0.717) is 22.6 Å². The maximum Gasteiger partial charge on any atom is 0.343 e. The summed E-state index contributed by atoms with van der Waals surface area (Å²) in [5, 5.41) is 0. The third kappa shape index (κ3) is 20.4. The molecule has 0 saturated carbocycles. The molecule has 6 heteroatoms. The van der Waals surface area contributed by atoms with Gasteiger partial charge in [-0.15, -0.1) is 0 Å².